The molecule has 0 spiro atoms. The molecule has 34 heavy (non-hydrogen) atoms. The number of halogens is 2. The summed E-state index contributed by atoms with van der Waals surface area (Å²) in [6.07, 6.45) is 1.89. The van der Waals surface area contributed by atoms with Crippen molar-refractivity contribution in [2.24, 2.45) is 5.10 Å². The first-order valence-electron chi connectivity index (χ1n) is 10.3. The number of carbonyl (C=O) groups excluding carboxylic acids is 3. The van der Waals surface area contributed by atoms with E-state index < -0.39 is 42.8 Å². The zero-order valence-electron chi connectivity index (χ0n) is 17.7. The second-order valence-electron chi connectivity index (χ2n) is 7.35. The Hall–Kier alpha value is -3.98. The Bertz CT molecular complexity index is 1230. The molecule has 2 heterocycles. The molecule has 10 heteroatoms. The summed E-state index contributed by atoms with van der Waals surface area (Å²) in [6.45, 7) is -1.12. The van der Waals surface area contributed by atoms with Gasteiger partial charge in [-0.3, -0.25) is 14.4 Å². The molecule has 0 fully saturated rings. The summed E-state index contributed by atoms with van der Waals surface area (Å²) in [5.74, 6) is -2.37. The number of esters is 1. The molecule has 1 unspecified atom stereocenters. The van der Waals surface area contributed by atoms with Crippen LogP contribution in [0.15, 0.2) is 76.4 Å². The molecule has 1 aromatic heterocycles. The van der Waals surface area contributed by atoms with Crippen molar-refractivity contribution in [3.63, 3.8) is 0 Å². The quantitative estimate of drug-likeness (QED) is 0.516. The summed E-state index contributed by atoms with van der Waals surface area (Å²) in [7, 11) is 0. The van der Waals surface area contributed by atoms with E-state index in [1.54, 1.807) is 36.4 Å². The average Bonchev–Trinajstić information content (AvgIpc) is 3.52. The Balaban J connectivity index is 1.38. The van der Waals surface area contributed by atoms with Gasteiger partial charge >= 0.3 is 5.97 Å². The Kier molecular flexibility index (Phi) is 7.03. The van der Waals surface area contributed by atoms with E-state index >= 15 is 0 Å². The van der Waals surface area contributed by atoms with Crippen molar-refractivity contribution in [2.75, 3.05) is 13.2 Å². The molecule has 4 rings (SSSR count). The number of hydrogen-bond acceptors (Lipinski definition) is 6. The molecule has 3 aromatic rings. The molecule has 0 aliphatic carbocycles. The minimum atomic E-state index is -0.853. The predicted molar refractivity (Wildman–Crippen MR) is 121 cm³/mol. The minimum Gasteiger partial charge on any atom is -0.467 e. The van der Waals surface area contributed by atoms with Crippen molar-refractivity contribution in [3.05, 3.63) is 94.7 Å². The fraction of sp³-hybridized carbons (Fsp3) is 0.167. The molecule has 0 radical (unpaired) electrons. The molecular weight excluding hydrogens is 465 g/mol. The number of carbonyl (C=O) groups is 3. The zero-order valence-corrected chi connectivity index (χ0v) is 18.5. The SMILES string of the molecule is O=C(CNC(=O)c1ccccc1F)OCC(=O)N1N=C(c2ccc(Cl)cc2)CC1c1ccco1. The van der Waals surface area contributed by atoms with Crippen LogP contribution in [0.2, 0.25) is 5.02 Å². The molecule has 1 aliphatic heterocycles. The fourth-order valence-electron chi connectivity index (χ4n) is 3.41. The van der Waals surface area contributed by atoms with E-state index in [1.807, 2.05) is 0 Å². The van der Waals surface area contributed by atoms with Gasteiger partial charge < -0.3 is 14.5 Å². The highest BCUT2D eigenvalue weighted by Crippen LogP contribution is 2.33. The first kappa shape index (κ1) is 23.2. The van der Waals surface area contributed by atoms with E-state index in [2.05, 4.69) is 10.4 Å². The molecule has 2 aromatic carbocycles. The second-order valence-corrected chi connectivity index (χ2v) is 7.79. The van der Waals surface area contributed by atoms with Crippen LogP contribution in [0.3, 0.4) is 0 Å². The highest BCUT2D eigenvalue weighted by atomic mass is 35.5. The fourth-order valence-corrected chi connectivity index (χ4v) is 3.54. The van der Waals surface area contributed by atoms with Crippen LogP contribution in [-0.4, -0.2) is 41.7 Å². The van der Waals surface area contributed by atoms with Crippen LogP contribution in [-0.2, 0) is 14.3 Å². The van der Waals surface area contributed by atoms with Crippen LogP contribution in [0, 0.1) is 5.82 Å². The van der Waals surface area contributed by atoms with Crippen molar-refractivity contribution >= 4 is 35.1 Å². The van der Waals surface area contributed by atoms with Gasteiger partial charge in [0.25, 0.3) is 11.8 Å². The number of nitrogens with one attached hydrogen (secondary N) is 1. The molecule has 1 atom stereocenters. The van der Waals surface area contributed by atoms with Crippen LogP contribution >= 0.6 is 11.6 Å². The van der Waals surface area contributed by atoms with Crippen molar-refractivity contribution in [3.8, 4) is 0 Å². The third-order valence-electron chi connectivity index (χ3n) is 5.08. The summed E-state index contributed by atoms with van der Waals surface area (Å²) < 4.78 is 24.1. The van der Waals surface area contributed by atoms with Gasteiger partial charge in [-0.25, -0.2) is 9.40 Å². The van der Waals surface area contributed by atoms with E-state index in [0.29, 0.717) is 22.9 Å². The van der Waals surface area contributed by atoms with Crippen molar-refractivity contribution < 1.29 is 27.9 Å². The number of hydrogen-bond donors (Lipinski definition) is 1. The summed E-state index contributed by atoms with van der Waals surface area (Å²) >= 11 is 5.95. The van der Waals surface area contributed by atoms with Gasteiger partial charge in [0.1, 0.15) is 24.2 Å². The molecule has 1 aliphatic rings. The molecule has 174 valence electrons. The Morgan fingerprint density at radius 3 is 2.59 bits per heavy atom. The molecule has 0 saturated carbocycles. The lowest BCUT2D eigenvalue weighted by atomic mass is 10.0. The van der Waals surface area contributed by atoms with Crippen LogP contribution in [0.4, 0.5) is 4.39 Å². The summed E-state index contributed by atoms with van der Waals surface area (Å²) in [6, 6.07) is 15.3. The molecule has 2 amide bonds. The van der Waals surface area contributed by atoms with Crippen LogP contribution < -0.4 is 5.32 Å². The second kappa shape index (κ2) is 10.3. The lowest BCUT2D eigenvalue weighted by Gasteiger charge is -2.19. The van der Waals surface area contributed by atoms with Crippen molar-refractivity contribution in [2.45, 2.75) is 12.5 Å². The third kappa shape index (κ3) is 5.32. The highest BCUT2D eigenvalue weighted by molar-refractivity contribution is 6.30. The van der Waals surface area contributed by atoms with Crippen LogP contribution in [0.25, 0.3) is 0 Å². The number of rotatable bonds is 7. The van der Waals surface area contributed by atoms with E-state index in [9.17, 15) is 18.8 Å². The van der Waals surface area contributed by atoms with E-state index in [1.165, 1.54) is 29.5 Å². The Morgan fingerprint density at radius 1 is 1.12 bits per heavy atom. The molecule has 0 bridgehead atoms. The number of nitrogens with zero attached hydrogens (tertiary/aromatic N) is 2. The molecule has 1 N–H and O–H groups in total. The summed E-state index contributed by atoms with van der Waals surface area (Å²) in [4.78, 5) is 36.9. The van der Waals surface area contributed by atoms with Crippen LogP contribution in [0.1, 0.15) is 34.1 Å². The normalized spacial score (nSPS) is 15.1. The Labute approximate surface area is 198 Å². The van der Waals surface area contributed by atoms with Gasteiger partial charge in [-0.2, -0.15) is 5.10 Å². The standard InChI is InChI=1S/C24H19ClFN3O5/c25-16-9-7-15(8-10-16)19-12-20(21-6-3-11-33-21)29(28-19)22(30)14-34-23(31)13-27-24(32)17-4-1-2-5-18(17)26/h1-11,20H,12-14H2,(H,27,32). The maximum Gasteiger partial charge on any atom is 0.325 e. The molecular formula is C24H19ClFN3O5. The highest BCUT2D eigenvalue weighted by Gasteiger charge is 2.35. The first-order chi connectivity index (χ1) is 16.4. The lowest BCUT2D eigenvalue weighted by Crippen LogP contribution is -2.35. The van der Waals surface area contributed by atoms with Gasteiger partial charge in [0.05, 0.1) is 17.5 Å². The van der Waals surface area contributed by atoms with Gasteiger partial charge in [-0.1, -0.05) is 35.9 Å². The summed E-state index contributed by atoms with van der Waals surface area (Å²) in [5, 5.41) is 8.48. The van der Waals surface area contributed by atoms with Gasteiger partial charge in [0, 0.05) is 11.4 Å². The van der Waals surface area contributed by atoms with E-state index in [4.69, 9.17) is 20.8 Å². The number of hydrazone groups is 1. The summed E-state index contributed by atoms with van der Waals surface area (Å²) in [5.41, 5.74) is 1.24. The maximum atomic E-state index is 13.7. The van der Waals surface area contributed by atoms with Gasteiger partial charge in [0.15, 0.2) is 6.61 Å². The largest absolute Gasteiger partial charge is 0.467 e. The number of amides is 2. The predicted octanol–water partition coefficient (Wildman–Crippen LogP) is 3.72. The van der Waals surface area contributed by atoms with Crippen molar-refractivity contribution in [1.82, 2.24) is 10.3 Å². The molecule has 0 saturated heterocycles. The van der Waals surface area contributed by atoms with Gasteiger partial charge in [-0.15, -0.1) is 0 Å². The van der Waals surface area contributed by atoms with E-state index in [-0.39, 0.29) is 5.56 Å². The zero-order chi connectivity index (χ0) is 24.1. The topological polar surface area (TPSA) is 101 Å². The maximum absolute atomic E-state index is 13.7. The van der Waals surface area contributed by atoms with Crippen molar-refractivity contribution in [1.29, 1.82) is 0 Å². The minimum absolute atomic E-state index is 0.200. The van der Waals surface area contributed by atoms with Gasteiger partial charge in [0.2, 0.25) is 0 Å². The number of furan rings is 1. The average molecular weight is 484 g/mol. The first-order valence-corrected chi connectivity index (χ1v) is 10.7. The Morgan fingerprint density at radius 2 is 1.88 bits per heavy atom. The monoisotopic (exact) mass is 483 g/mol. The van der Waals surface area contributed by atoms with Gasteiger partial charge in [-0.05, 0) is 42.0 Å². The van der Waals surface area contributed by atoms with Crippen LogP contribution in [0.5, 0.6) is 0 Å². The van der Waals surface area contributed by atoms with E-state index in [0.717, 1.165) is 11.6 Å². The smallest absolute Gasteiger partial charge is 0.325 e. The third-order valence-corrected chi connectivity index (χ3v) is 5.34. The molecule has 8 nitrogen and oxygen atoms in total. The lowest BCUT2D eigenvalue weighted by molar-refractivity contribution is -0.152. The number of ether oxygens (including phenoxy) is 1. The number of benzene rings is 2.